The molecule has 3 N–H and O–H groups in total. The number of aliphatic carboxylic acids is 1. The van der Waals surface area contributed by atoms with Crippen LogP contribution in [0.3, 0.4) is 0 Å². The molecular formula is C15H21N3O3. The van der Waals surface area contributed by atoms with Crippen molar-refractivity contribution in [1.29, 1.82) is 0 Å². The van der Waals surface area contributed by atoms with Gasteiger partial charge in [0.15, 0.2) is 0 Å². The van der Waals surface area contributed by atoms with Gasteiger partial charge in [-0.25, -0.2) is 0 Å². The maximum atomic E-state index is 12.2. The predicted octanol–water partition coefficient (Wildman–Crippen LogP) is 0.305. The molecule has 0 bridgehead atoms. The fourth-order valence-corrected chi connectivity index (χ4v) is 2.48. The minimum atomic E-state index is -0.833. The molecule has 1 fully saturated rings. The van der Waals surface area contributed by atoms with Crippen LogP contribution in [0.25, 0.3) is 0 Å². The number of carboxylic acid groups (broad SMARTS) is 1. The van der Waals surface area contributed by atoms with Crippen LogP contribution in [0.1, 0.15) is 18.0 Å². The smallest absolute Gasteiger partial charge is 0.317 e. The van der Waals surface area contributed by atoms with Crippen molar-refractivity contribution in [3.63, 3.8) is 0 Å². The highest BCUT2D eigenvalue weighted by Gasteiger charge is 2.23. The molecule has 1 aliphatic heterocycles. The zero-order valence-electron chi connectivity index (χ0n) is 11.9. The summed E-state index contributed by atoms with van der Waals surface area (Å²) in [7, 11) is 0. The van der Waals surface area contributed by atoms with Gasteiger partial charge in [0.1, 0.15) is 0 Å². The number of nitrogens with two attached hydrogens (primary N) is 1. The molecule has 0 saturated carbocycles. The molecule has 6 nitrogen and oxygen atoms in total. The maximum absolute atomic E-state index is 12.2. The Balaban J connectivity index is 1.81. The highest BCUT2D eigenvalue weighted by molar-refractivity contribution is 5.77. The van der Waals surface area contributed by atoms with Gasteiger partial charge in [0.25, 0.3) is 0 Å². The van der Waals surface area contributed by atoms with Gasteiger partial charge >= 0.3 is 5.97 Å². The molecule has 1 aliphatic rings. The molecule has 21 heavy (non-hydrogen) atoms. The largest absolute Gasteiger partial charge is 0.480 e. The van der Waals surface area contributed by atoms with Gasteiger partial charge in [-0.3, -0.25) is 14.5 Å². The lowest BCUT2D eigenvalue weighted by atomic mass is 10.0. The van der Waals surface area contributed by atoms with Gasteiger partial charge in [0, 0.05) is 38.6 Å². The Morgan fingerprint density at radius 3 is 2.33 bits per heavy atom. The summed E-state index contributed by atoms with van der Waals surface area (Å²) in [6.07, 6.45) is 0.281. The number of hydrogen-bond donors (Lipinski definition) is 2. The normalized spacial score (nSPS) is 17.5. The first kappa shape index (κ1) is 15.5. The first-order valence-electron chi connectivity index (χ1n) is 7.08. The molecule has 0 spiro atoms. The van der Waals surface area contributed by atoms with Gasteiger partial charge in [0.05, 0.1) is 6.54 Å². The van der Waals surface area contributed by atoms with E-state index in [1.54, 1.807) is 4.90 Å². The monoisotopic (exact) mass is 291 g/mol. The van der Waals surface area contributed by atoms with E-state index in [2.05, 4.69) is 0 Å². The average Bonchev–Trinajstić information content (AvgIpc) is 2.48. The Morgan fingerprint density at radius 1 is 1.14 bits per heavy atom. The summed E-state index contributed by atoms with van der Waals surface area (Å²) in [5.41, 5.74) is 7.01. The van der Waals surface area contributed by atoms with Crippen molar-refractivity contribution in [2.75, 3.05) is 32.7 Å². The Bertz CT molecular complexity index is 484. The Labute approximate surface area is 124 Å². The second-order valence-corrected chi connectivity index (χ2v) is 5.27. The summed E-state index contributed by atoms with van der Waals surface area (Å²) in [5.74, 6) is -0.804. The van der Waals surface area contributed by atoms with Crippen molar-refractivity contribution < 1.29 is 14.7 Å². The fourth-order valence-electron chi connectivity index (χ4n) is 2.48. The quantitative estimate of drug-likeness (QED) is 0.815. The van der Waals surface area contributed by atoms with Gasteiger partial charge < -0.3 is 15.7 Å². The van der Waals surface area contributed by atoms with E-state index in [4.69, 9.17) is 10.8 Å². The fraction of sp³-hybridized carbons (Fsp3) is 0.467. The second kappa shape index (κ2) is 7.19. The molecule has 1 atom stereocenters. The van der Waals surface area contributed by atoms with Crippen LogP contribution in [0, 0.1) is 0 Å². The lowest BCUT2D eigenvalue weighted by Gasteiger charge is -2.34. The van der Waals surface area contributed by atoms with Crippen molar-refractivity contribution in [3.8, 4) is 0 Å². The second-order valence-electron chi connectivity index (χ2n) is 5.27. The van der Waals surface area contributed by atoms with E-state index in [0.29, 0.717) is 26.2 Å². The van der Waals surface area contributed by atoms with Crippen LogP contribution in [0.5, 0.6) is 0 Å². The molecular weight excluding hydrogens is 270 g/mol. The number of carbonyl (C=O) groups excluding carboxylic acids is 1. The van der Waals surface area contributed by atoms with E-state index in [1.807, 2.05) is 35.2 Å². The predicted molar refractivity (Wildman–Crippen MR) is 78.6 cm³/mol. The van der Waals surface area contributed by atoms with E-state index in [9.17, 15) is 9.59 Å². The molecule has 1 aromatic rings. The van der Waals surface area contributed by atoms with E-state index >= 15 is 0 Å². The zero-order chi connectivity index (χ0) is 15.2. The summed E-state index contributed by atoms with van der Waals surface area (Å²) in [6, 6.07) is 9.27. The molecule has 6 heteroatoms. The summed E-state index contributed by atoms with van der Waals surface area (Å²) in [5, 5.41) is 8.75. The molecule has 0 aromatic heterocycles. The van der Waals surface area contributed by atoms with Crippen molar-refractivity contribution in [2.45, 2.75) is 12.5 Å². The van der Waals surface area contributed by atoms with Crippen LogP contribution in [-0.2, 0) is 9.59 Å². The average molecular weight is 291 g/mol. The maximum Gasteiger partial charge on any atom is 0.317 e. The number of amides is 1. The molecule has 1 unspecified atom stereocenters. The van der Waals surface area contributed by atoms with Gasteiger partial charge in [0.2, 0.25) is 5.91 Å². The molecule has 1 saturated heterocycles. The first-order chi connectivity index (χ1) is 10.1. The number of hydrogen-bond acceptors (Lipinski definition) is 4. The number of nitrogens with zero attached hydrogens (tertiary/aromatic N) is 2. The number of carboxylic acids is 1. The van der Waals surface area contributed by atoms with Crippen LogP contribution >= 0.6 is 0 Å². The number of rotatable bonds is 5. The minimum Gasteiger partial charge on any atom is -0.480 e. The summed E-state index contributed by atoms with van der Waals surface area (Å²) < 4.78 is 0. The summed E-state index contributed by atoms with van der Waals surface area (Å²) in [4.78, 5) is 26.5. The molecule has 2 rings (SSSR count). The summed E-state index contributed by atoms with van der Waals surface area (Å²) in [6.45, 7) is 2.35. The SMILES string of the molecule is NC(CC(=O)N1CCN(CC(=O)O)CC1)c1ccccc1. The van der Waals surface area contributed by atoms with E-state index in [1.165, 1.54) is 0 Å². The van der Waals surface area contributed by atoms with E-state index < -0.39 is 5.97 Å². The van der Waals surface area contributed by atoms with Crippen LogP contribution in [0.2, 0.25) is 0 Å². The van der Waals surface area contributed by atoms with Gasteiger partial charge in [-0.1, -0.05) is 30.3 Å². The Kier molecular flexibility index (Phi) is 5.30. The zero-order valence-corrected chi connectivity index (χ0v) is 11.9. The van der Waals surface area contributed by atoms with Crippen LogP contribution < -0.4 is 5.73 Å². The standard InChI is InChI=1S/C15H21N3O3/c16-13(12-4-2-1-3-5-12)10-14(19)18-8-6-17(7-9-18)11-15(20)21/h1-5,13H,6-11,16H2,(H,20,21). The van der Waals surface area contributed by atoms with E-state index in [-0.39, 0.29) is 24.9 Å². The van der Waals surface area contributed by atoms with Crippen LogP contribution in [0.15, 0.2) is 30.3 Å². The summed E-state index contributed by atoms with van der Waals surface area (Å²) >= 11 is 0. The minimum absolute atomic E-state index is 0.0290. The molecule has 1 amide bonds. The molecule has 1 heterocycles. The van der Waals surface area contributed by atoms with Crippen LogP contribution in [0.4, 0.5) is 0 Å². The van der Waals surface area contributed by atoms with Crippen molar-refractivity contribution in [2.24, 2.45) is 5.73 Å². The third-order valence-corrected chi connectivity index (χ3v) is 3.71. The first-order valence-corrected chi connectivity index (χ1v) is 7.08. The Hall–Kier alpha value is -1.92. The molecule has 114 valence electrons. The lowest BCUT2D eigenvalue weighted by molar-refractivity contribution is -0.139. The number of carbonyl (C=O) groups is 2. The van der Waals surface area contributed by atoms with Gasteiger partial charge in [-0.2, -0.15) is 0 Å². The third kappa shape index (κ3) is 4.54. The molecule has 0 radical (unpaired) electrons. The van der Waals surface area contributed by atoms with Gasteiger partial charge in [-0.05, 0) is 5.56 Å². The Morgan fingerprint density at radius 2 is 1.76 bits per heavy atom. The van der Waals surface area contributed by atoms with E-state index in [0.717, 1.165) is 5.56 Å². The lowest BCUT2D eigenvalue weighted by Crippen LogP contribution is -2.50. The third-order valence-electron chi connectivity index (χ3n) is 3.71. The molecule has 0 aliphatic carbocycles. The number of benzene rings is 1. The topological polar surface area (TPSA) is 86.9 Å². The van der Waals surface area contributed by atoms with Crippen molar-refractivity contribution in [1.82, 2.24) is 9.80 Å². The highest BCUT2D eigenvalue weighted by atomic mass is 16.4. The highest BCUT2D eigenvalue weighted by Crippen LogP contribution is 2.15. The molecule has 1 aromatic carbocycles. The van der Waals surface area contributed by atoms with Crippen molar-refractivity contribution >= 4 is 11.9 Å². The van der Waals surface area contributed by atoms with Crippen LogP contribution in [-0.4, -0.2) is 59.5 Å². The van der Waals surface area contributed by atoms with Crippen molar-refractivity contribution in [3.05, 3.63) is 35.9 Å². The van der Waals surface area contributed by atoms with Gasteiger partial charge in [-0.15, -0.1) is 0 Å². The number of piperazine rings is 1.